The molecule has 15 nitrogen and oxygen atoms in total. The maximum absolute atomic E-state index is 14.1. The number of benzene rings is 2. The van der Waals surface area contributed by atoms with Crippen molar-refractivity contribution in [2.24, 2.45) is 28.3 Å². The smallest absolute Gasteiger partial charge is 0.243 e. The van der Waals surface area contributed by atoms with E-state index in [1.54, 1.807) is 36.4 Å². The normalized spacial score (nSPS) is 13.0. The lowest BCUT2D eigenvalue weighted by Crippen LogP contribution is -2.53. The van der Waals surface area contributed by atoms with Crippen LogP contribution in [0.2, 0.25) is 0 Å². The van der Waals surface area contributed by atoms with Gasteiger partial charge in [0.05, 0.1) is 22.3 Å². The predicted octanol–water partition coefficient (Wildman–Crippen LogP) is 3.52. The van der Waals surface area contributed by atoms with Crippen molar-refractivity contribution in [2.75, 3.05) is 19.7 Å². The van der Waals surface area contributed by atoms with Crippen LogP contribution in [0.15, 0.2) is 78.8 Å². The molecule has 0 radical (unpaired) electrons. The van der Waals surface area contributed by atoms with Crippen LogP contribution in [0.3, 0.4) is 0 Å². The van der Waals surface area contributed by atoms with Crippen molar-refractivity contribution in [3.63, 3.8) is 0 Å². The number of hydrogen-bond acceptors (Lipinski definition) is 10. The first-order chi connectivity index (χ1) is 27.7. The molecular weight excluding hydrogens is 761 g/mol. The molecule has 0 bridgehead atoms. The number of nitrogens with one attached hydrogen (secondary N) is 4. The molecule has 58 heavy (non-hydrogen) atoms. The minimum Gasteiger partial charge on any atom is -0.490 e. The molecule has 0 saturated heterocycles. The van der Waals surface area contributed by atoms with Gasteiger partial charge in [-0.05, 0) is 67.9 Å². The number of amides is 4. The molecule has 0 saturated carbocycles. The van der Waals surface area contributed by atoms with Gasteiger partial charge in [-0.3, -0.25) is 33.8 Å². The third-order valence-electron chi connectivity index (χ3n) is 8.89. The Morgan fingerprint density at radius 3 is 2.24 bits per heavy atom. The lowest BCUT2D eigenvalue weighted by atomic mass is 9.88. The number of rotatable bonds is 26. The molecule has 4 amide bonds. The van der Waals surface area contributed by atoms with E-state index in [1.165, 1.54) is 24.3 Å². The van der Waals surface area contributed by atoms with E-state index < -0.39 is 47.5 Å². The van der Waals surface area contributed by atoms with E-state index in [0.29, 0.717) is 24.3 Å². The molecule has 2 aromatic carbocycles. The Morgan fingerprint density at radius 2 is 1.60 bits per heavy atom. The van der Waals surface area contributed by atoms with Gasteiger partial charge in [0.2, 0.25) is 29.4 Å². The summed E-state index contributed by atoms with van der Waals surface area (Å²) in [5.74, 6) is -3.26. The number of nitrogens with zero attached hydrogens (tertiary/aromatic N) is 2. The van der Waals surface area contributed by atoms with Crippen LogP contribution in [0.1, 0.15) is 74.7 Å². The fourth-order valence-electron chi connectivity index (χ4n) is 6.12. The van der Waals surface area contributed by atoms with Crippen LogP contribution in [0.25, 0.3) is 10.2 Å². The Balaban J connectivity index is 1.87. The van der Waals surface area contributed by atoms with Gasteiger partial charge in [0.25, 0.3) is 0 Å². The molecule has 1 aromatic heterocycles. The van der Waals surface area contributed by atoms with Crippen molar-refractivity contribution in [3.05, 3.63) is 84.4 Å². The molecule has 0 aliphatic rings. The lowest BCUT2D eigenvalue weighted by Gasteiger charge is -2.26. The molecule has 4 atom stereocenters. The number of guanidine groups is 1. The van der Waals surface area contributed by atoms with Gasteiger partial charge in [0.1, 0.15) is 18.4 Å². The van der Waals surface area contributed by atoms with Gasteiger partial charge in [-0.15, -0.1) is 17.9 Å². The molecule has 0 aliphatic heterocycles. The number of nitrogens with two attached hydrogens (primary N) is 2. The monoisotopic (exact) mass is 816 g/mol. The van der Waals surface area contributed by atoms with Crippen LogP contribution in [-0.4, -0.2) is 84.0 Å². The molecule has 8 N–H and O–H groups in total. The van der Waals surface area contributed by atoms with E-state index in [2.05, 4.69) is 44.4 Å². The Kier molecular flexibility index (Phi) is 19.2. The zero-order valence-electron chi connectivity index (χ0n) is 33.5. The quantitative estimate of drug-likeness (QED) is 0.0227. The second-order valence-electron chi connectivity index (χ2n) is 14.3. The first-order valence-electron chi connectivity index (χ1n) is 19.3. The number of fused-ring (bicyclic) bond motifs is 1. The average molecular weight is 817 g/mol. The highest BCUT2D eigenvalue weighted by Gasteiger charge is 2.33. The van der Waals surface area contributed by atoms with E-state index in [-0.39, 0.29) is 80.2 Å². The molecule has 1 heterocycles. The zero-order chi connectivity index (χ0) is 42.6. The van der Waals surface area contributed by atoms with Crippen LogP contribution in [0.5, 0.6) is 5.75 Å². The van der Waals surface area contributed by atoms with Crippen LogP contribution in [-0.2, 0) is 30.4 Å². The number of para-hydroxylation sites is 1. The average Bonchev–Trinajstić information content (AvgIpc) is 3.62. The summed E-state index contributed by atoms with van der Waals surface area (Å²) in [5, 5.41) is 11.2. The Labute approximate surface area is 343 Å². The fraction of sp³-hybridized carbons (Fsp3) is 0.429. The molecule has 0 aliphatic carbocycles. The van der Waals surface area contributed by atoms with E-state index >= 15 is 0 Å². The van der Waals surface area contributed by atoms with Crippen molar-refractivity contribution >= 4 is 62.7 Å². The van der Waals surface area contributed by atoms with Crippen molar-refractivity contribution in [1.82, 2.24) is 26.3 Å². The lowest BCUT2D eigenvalue weighted by molar-refractivity contribution is -0.134. The van der Waals surface area contributed by atoms with Gasteiger partial charge < -0.3 is 37.5 Å². The van der Waals surface area contributed by atoms with Gasteiger partial charge in [0, 0.05) is 38.8 Å². The molecule has 0 fully saturated rings. The number of Topliss-reactive ketones (excluding diaryl/α,β-unsaturated/α-hetero) is 2. The maximum Gasteiger partial charge on any atom is 0.243 e. The van der Waals surface area contributed by atoms with E-state index in [4.69, 9.17) is 16.2 Å². The number of hydrogen-bond donors (Lipinski definition) is 6. The summed E-state index contributed by atoms with van der Waals surface area (Å²) < 4.78 is 6.34. The molecule has 0 spiro atoms. The molecule has 3 aromatic rings. The van der Waals surface area contributed by atoms with Crippen molar-refractivity contribution in [3.8, 4) is 5.75 Å². The first kappa shape index (κ1) is 46.5. The highest BCUT2D eigenvalue weighted by Crippen LogP contribution is 2.24. The first-order valence-corrected chi connectivity index (χ1v) is 20.1. The standard InChI is InChI=1S/C42H56N8O7S/c1-6-20-45-37(53)19-18-33(40(56)48-32(12-10-21-46-42(43)44)38(54)41-50-31-11-8-9-13-36(31)58-41)49-39(55)29(23-26(3)4)25-35(52)34(47-27(5)51)24-28-14-16-30(17-15-28)57-22-7-2/h6-9,11,13-17,26,29,32-34H,1-2,10,12,18-25H2,3-5H3,(H,45,53)(H,47,51)(H,48,56)(H,49,55)(H4,43,44,46)/t29-,32+,33+,34+/m1/s1. The Morgan fingerprint density at radius 1 is 0.897 bits per heavy atom. The molecule has 3 rings (SSSR count). The Bertz CT molecular complexity index is 1890. The highest BCUT2D eigenvalue weighted by molar-refractivity contribution is 7.20. The largest absolute Gasteiger partial charge is 0.490 e. The van der Waals surface area contributed by atoms with Gasteiger partial charge >= 0.3 is 0 Å². The van der Waals surface area contributed by atoms with E-state index in [0.717, 1.165) is 10.3 Å². The van der Waals surface area contributed by atoms with Crippen LogP contribution < -0.4 is 37.5 Å². The number of carbonyl (C=O) groups is 6. The van der Waals surface area contributed by atoms with Crippen molar-refractivity contribution in [2.45, 2.75) is 83.8 Å². The third-order valence-corrected chi connectivity index (χ3v) is 9.94. The predicted molar refractivity (Wildman–Crippen MR) is 226 cm³/mol. The number of ketones is 2. The summed E-state index contributed by atoms with van der Waals surface area (Å²) in [7, 11) is 0. The summed E-state index contributed by atoms with van der Waals surface area (Å²) in [6.07, 6.45) is 3.61. The van der Waals surface area contributed by atoms with E-state index in [1.807, 2.05) is 32.0 Å². The third kappa shape index (κ3) is 15.9. The SMILES string of the molecule is C=CCNC(=O)CC[C@H](NC(=O)[C@@H](CC(=O)[C@H](Cc1ccc(OCC=C)cc1)NC(C)=O)CC(C)C)C(=O)N[C@@H](CCCN=C(N)N)C(=O)c1nc2ccccc2s1. The second-order valence-corrected chi connectivity index (χ2v) is 15.3. The molecule has 312 valence electrons. The second kappa shape index (κ2) is 24.0. The number of aromatic nitrogens is 1. The van der Waals surface area contributed by atoms with Crippen molar-refractivity contribution < 1.29 is 33.5 Å². The molecular formula is C42H56N8O7S. The fourth-order valence-corrected chi connectivity index (χ4v) is 7.08. The summed E-state index contributed by atoms with van der Waals surface area (Å²) in [5.41, 5.74) is 12.4. The minimum atomic E-state index is -1.26. The van der Waals surface area contributed by atoms with Crippen LogP contribution in [0, 0.1) is 11.8 Å². The maximum atomic E-state index is 14.1. The van der Waals surface area contributed by atoms with Crippen LogP contribution >= 0.6 is 11.3 Å². The van der Waals surface area contributed by atoms with Crippen molar-refractivity contribution in [1.29, 1.82) is 0 Å². The number of carbonyl (C=O) groups excluding carboxylic acids is 6. The number of thiazole rings is 1. The Hall–Kier alpha value is -5.90. The van der Waals surface area contributed by atoms with Gasteiger partial charge in [-0.25, -0.2) is 4.98 Å². The minimum absolute atomic E-state index is 0.0242. The zero-order valence-corrected chi connectivity index (χ0v) is 34.3. The summed E-state index contributed by atoms with van der Waals surface area (Å²) >= 11 is 1.19. The van der Waals surface area contributed by atoms with Gasteiger partial charge in [-0.2, -0.15) is 0 Å². The number of ether oxygens (including phenoxy) is 1. The summed E-state index contributed by atoms with van der Waals surface area (Å²) in [6, 6.07) is 11.1. The topological polar surface area (TPSA) is 237 Å². The molecule has 16 heteroatoms. The highest BCUT2D eigenvalue weighted by atomic mass is 32.1. The van der Waals surface area contributed by atoms with Gasteiger partial charge in [0.15, 0.2) is 16.8 Å². The summed E-state index contributed by atoms with van der Waals surface area (Å²) in [4.78, 5) is 89.3. The van der Waals surface area contributed by atoms with E-state index in [9.17, 15) is 28.8 Å². The van der Waals surface area contributed by atoms with Gasteiger partial charge in [-0.1, -0.05) is 56.8 Å². The summed E-state index contributed by atoms with van der Waals surface area (Å²) in [6.45, 7) is 13.1. The van der Waals surface area contributed by atoms with Crippen LogP contribution in [0.4, 0.5) is 0 Å². The number of aliphatic imine (C=N–C) groups is 1. The molecule has 0 unspecified atom stereocenters.